The van der Waals surface area contributed by atoms with E-state index in [2.05, 4.69) is 19.1 Å². The van der Waals surface area contributed by atoms with E-state index in [-0.39, 0.29) is 18.1 Å². The second kappa shape index (κ2) is 20.3. The Labute approximate surface area is 208 Å². The summed E-state index contributed by atoms with van der Waals surface area (Å²) in [5.74, 6) is 0.218. The second-order valence-electron chi connectivity index (χ2n) is 9.78. The molecule has 2 unspecified atom stereocenters. The lowest BCUT2D eigenvalue weighted by molar-refractivity contribution is -0.133. The number of rotatable bonds is 25. The molecule has 0 saturated carbocycles. The fourth-order valence-electron chi connectivity index (χ4n) is 3.97. The summed E-state index contributed by atoms with van der Waals surface area (Å²) in [5.41, 5.74) is 0. The van der Waals surface area contributed by atoms with Gasteiger partial charge in [0.05, 0.1) is 39.6 Å². The van der Waals surface area contributed by atoms with Crippen molar-refractivity contribution >= 4 is 5.91 Å². The molecular formula is C28H51NO5. The standard InChI is InChI=1S/C28H51NO5/c1-2-3-4-5-6-7-8-9-10-11-12-13-14-15-16-17-28(30)29(18-20-31-22-26-24-33-26)19-21-32-23-27-25-34-27/h9-10,26-27H,2-8,11-25H2,1H3/b10-9-. The van der Waals surface area contributed by atoms with Crippen LogP contribution in [0.25, 0.3) is 0 Å². The Hall–Kier alpha value is -0.950. The lowest BCUT2D eigenvalue weighted by atomic mass is 10.1. The van der Waals surface area contributed by atoms with E-state index in [4.69, 9.17) is 18.9 Å². The van der Waals surface area contributed by atoms with Crippen LogP contribution < -0.4 is 0 Å². The SMILES string of the molecule is CCCCCCCC/C=C\CCCCCCCC(=O)N(CCOCC1CO1)CCOCC1CO1. The largest absolute Gasteiger partial charge is 0.377 e. The van der Waals surface area contributed by atoms with Crippen molar-refractivity contribution < 1.29 is 23.7 Å². The van der Waals surface area contributed by atoms with E-state index in [1.54, 1.807) is 0 Å². The molecule has 0 aromatic heterocycles. The number of nitrogens with zero attached hydrogens (tertiary/aromatic N) is 1. The van der Waals surface area contributed by atoms with Gasteiger partial charge in [-0.3, -0.25) is 4.79 Å². The number of unbranched alkanes of at least 4 members (excludes halogenated alkanes) is 11. The fraction of sp³-hybridized carbons (Fsp3) is 0.893. The van der Waals surface area contributed by atoms with Crippen LogP contribution in [0.1, 0.15) is 96.8 Å². The molecule has 2 aliphatic rings. The molecule has 0 spiro atoms. The minimum Gasteiger partial charge on any atom is -0.377 e. The number of carbonyl (C=O) groups is 1. The third-order valence-corrected chi connectivity index (χ3v) is 6.43. The van der Waals surface area contributed by atoms with Crippen molar-refractivity contribution in [3.05, 3.63) is 12.2 Å². The number of ether oxygens (including phenoxy) is 4. The predicted molar refractivity (Wildman–Crippen MR) is 137 cm³/mol. The quantitative estimate of drug-likeness (QED) is 0.0953. The zero-order chi connectivity index (χ0) is 24.1. The third-order valence-electron chi connectivity index (χ3n) is 6.43. The first-order chi connectivity index (χ1) is 16.8. The number of allylic oxidation sites excluding steroid dienone is 2. The highest BCUT2D eigenvalue weighted by Crippen LogP contribution is 2.12. The highest BCUT2D eigenvalue weighted by Gasteiger charge is 2.23. The maximum absolute atomic E-state index is 12.7. The Morgan fingerprint density at radius 2 is 1.24 bits per heavy atom. The average molecular weight is 482 g/mol. The van der Waals surface area contributed by atoms with Gasteiger partial charge < -0.3 is 23.8 Å². The maximum atomic E-state index is 12.7. The van der Waals surface area contributed by atoms with Gasteiger partial charge in [0.15, 0.2) is 0 Å². The van der Waals surface area contributed by atoms with Gasteiger partial charge in [-0.25, -0.2) is 0 Å². The van der Waals surface area contributed by atoms with Gasteiger partial charge in [0, 0.05) is 19.5 Å². The average Bonchev–Trinajstić information content (AvgIpc) is 3.76. The molecule has 2 heterocycles. The molecule has 0 bridgehead atoms. The summed E-state index contributed by atoms with van der Waals surface area (Å²) in [6.45, 7) is 7.50. The molecule has 2 atom stereocenters. The van der Waals surface area contributed by atoms with Gasteiger partial charge in [-0.15, -0.1) is 0 Å². The van der Waals surface area contributed by atoms with E-state index in [9.17, 15) is 4.79 Å². The number of carbonyl (C=O) groups excluding carboxylic acids is 1. The Bertz CT molecular complexity index is 499. The van der Waals surface area contributed by atoms with Crippen LogP contribution in [-0.4, -0.2) is 75.7 Å². The van der Waals surface area contributed by atoms with Crippen LogP contribution in [0.3, 0.4) is 0 Å². The number of epoxide rings is 2. The highest BCUT2D eigenvalue weighted by molar-refractivity contribution is 5.76. The fourth-order valence-corrected chi connectivity index (χ4v) is 3.97. The Balaban J connectivity index is 1.42. The molecule has 34 heavy (non-hydrogen) atoms. The Kier molecular flexibility index (Phi) is 17.5. The molecule has 6 nitrogen and oxygen atoms in total. The molecule has 0 N–H and O–H groups in total. The minimum atomic E-state index is 0.218. The van der Waals surface area contributed by atoms with Crippen LogP contribution in [0.15, 0.2) is 12.2 Å². The summed E-state index contributed by atoms with van der Waals surface area (Å²) < 4.78 is 21.6. The predicted octanol–water partition coefficient (Wildman–Crippen LogP) is 5.68. The Morgan fingerprint density at radius 3 is 1.74 bits per heavy atom. The molecule has 6 heteroatoms. The van der Waals surface area contributed by atoms with Crippen molar-refractivity contribution in [2.24, 2.45) is 0 Å². The first-order valence-electron chi connectivity index (χ1n) is 14.1. The lowest BCUT2D eigenvalue weighted by Crippen LogP contribution is -2.37. The van der Waals surface area contributed by atoms with E-state index in [0.29, 0.717) is 45.9 Å². The third kappa shape index (κ3) is 17.5. The number of hydrogen-bond acceptors (Lipinski definition) is 5. The van der Waals surface area contributed by atoms with Crippen LogP contribution >= 0.6 is 0 Å². The van der Waals surface area contributed by atoms with Crippen LogP contribution in [-0.2, 0) is 23.7 Å². The molecule has 2 saturated heterocycles. The van der Waals surface area contributed by atoms with Crippen LogP contribution in [0, 0.1) is 0 Å². The monoisotopic (exact) mass is 481 g/mol. The van der Waals surface area contributed by atoms with Crippen molar-refractivity contribution in [1.29, 1.82) is 0 Å². The zero-order valence-corrected chi connectivity index (χ0v) is 21.9. The second-order valence-corrected chi connectivity index (χ2v) is 9.78. The first kappa shape index (κ1) is 29.3. The van der Waals surface area contributed by atoms with E-state index in [1.165, 1.54) is 70.6 Å². The molecule has 0 aliphatic carbocycles. The highest BCUT2D eigenvalue weighted by atomic mass is 16.6. The van der Waals surface area contributed by atoms with Gasteiger partial charge in [0.1, 0.15) is 12.2 Å². The van der Waals surface area contributed by atoms with E-state index in [0.717, 1.165) is 26.1 Å². The van der Waals surface area contributed by atoms with Crippen molar-refractivity contribution in [2.45, 2.75) is 109 Å². The molecule has 198 valence electrons. The topological polar surface area (TPSA) is 63.8 Å². The van der Waals surface area contributed by atoms with Gasteiger partial charge in [-0.1, -0.05) is 70.4 Å². The van der Waals surface area contributed by atoms with Crippen molar-refractivity contribution in [3.8, 4) is 0 Å². The number of hydrogen-bond donors (Lipinski definition) is 0. The summed E-state index contributed by atoms with van der Waals surface area (Å²) in [6.07, 6.45) is 22.4. The molecule has 0 radical (unpaired) electrons. The van der Waals surface area contributed by atoms with Gasteiger partial charge in [-0.05, 0) is 32.1 Å². The van der Waals surface area contributed by atoms with Gasteiger partial charge in [-0.2, -0.15) is 0 Å². The molecule has 0 aromatic carbocycles. The molecule has 0 aromatic rings. The van der Waals surface area contributed by atoms with Crippen molar-refractivity contribution in [3.63, 3.8) is 0 Å². The van der Waals surface area contributed by atoms with Crippen LogP contribution in [0.4, 0.5) is 0 Å². The number of amides is 1. The van der Waals surface area contributed by atoms with Gasteiger partial charge >= 0.3 is 0 Å². The summed E-state index contributed by atoms with van der Waals surface area (Å²) >= 11 is 0. The van der Waals surface area contributed by atoms with Crippen LogP contribution in [0.5, 0.6) is 0 Å². The molecule has 2 aliphatic heterocycles. The van der Waals surface area contributed by atoms with E-state index >= 15 is 0 Å². The van der Waals surface area contributed by atoms with Gasteiger partial charge in [0.25, 0.3) is 0 Å². The van der Waals surface area contributed by atoms with E-state index in [1.807, 2.05) is 4.90 Å². The summed E-state index contributed by atoms with van der Waals surface area (Å²) in [4.78, 5) is 14.6. The normalized spacial score (nSPS) is 19.1. The van der Waals surface area contributed by atoms with Gasteiger partial charge in [0.2, 0.25) is 5.91 Å². The van der Waals surface area contributed by atoms with Crippen LogP contribution in [0.2, 0.25) is 0 Å². The van der Waals surface area contributed by atoms with E-state index < -0.39 is 0 Å². The molecule has 1 amide bonds. The molecule has 2 rings (SSSR count). The Morgan fingerprint density at radius 1 is 0.765 bits per heavy atom. The lowest BCUT2D eigenvalue weighted by Gasteiger charge is -2.22. The smallest absolute Gasteiger partial charge is 0.222 e. The maximum Gasteiger partial charge on any atom is 0.222 e. The minimum absolute atomic E-state index is 0.218. The summed E-state index contributed by atoms with van der Waals surface area (Å²) in [7, 11) is 0. The summed E-state index contributed by atoms with van der Waals surface area (Å²) in [6, 6.07) is 0. The summed E-state index contributed by atoms with van der Waals surface area (Å²) in [5, 5.41) is 0. The van der Waals surface area contributed by atoms with Crippen molar-refractivity contribution in [1.82, 2.24) is 4.90 Å². The van der Waals surface area contributed by atoms with Crippen molar-refractivity contribution in [2.75, 3.05) is 52.7 Å². The molecule has 2 fully saturated rings. The first-order valence-corrected chi connectivity index (χ1v) is 14.1. The molecular weight excluding hydrogens is 430 g/mol. The zero-order valence-electron chi connectivity index (χ0n) is 21.9.